The average molecular weight is 286 g/mol. The summed E-state index contributed by atoms with van der Waals surface area (Å²) in [6, 6.07) is 8.13. The van der Waals surface area contributed by atoms with E-state index in [1.165, 1.54) is 18.4 Å². The summed E-state index contributed by atoms with van der Waals surface area (Å²) in [6.45, 7) is 9.12. The van der Waals surface area contributed by atoms with E-state index in [1.807, 2.05) is 31.2 Å². The lowest BCUT2D eigenvalue weighted by Gasteiger charge is -2.39. The van der Waals surface area contributed by atoms with Crippen LogP contribution in [0.15, 0.2) is 24.3 Å². The lowest BCUT2D eigenvalue weighted by molar-refractivity contribution is 0.125. The van der Waals surface area contributed by atoms with Gasteiger partial charge >= 0.3 is 6.03 Å². The van der Waals surface area contributed by atoms with Gasteiger partial charge in [-0.15, -0.1) is 0 Å². The fourth-order valence-electron chi connectivity index (χ4n) is 4.38. The highest BCUT2D eigenvalue weighted by Crippen LogP contribution is 2.65. The Morgan fingerprint density at radius 1 is 1.19 bits per heavy atom. The molecule has 2 aliphatic rings. The van der Waals surface area contributed by atoms with E-state index in [9.17, 15) is 4.79 Å². The van der Waals surface area contributed by atoms with E-state index >= 15 is 0 Å². The smallest absolute Gasteiger partial charge is 0.319 e. The molecule has 21 heavy (non-hydrogen) atoms. The maximum absolute atomic E-state index is 12.3. The molecule has 0 aromatic heterocycles. The summed E-state index contributed by atoms with van der Waals surface area (Å²) in [4.78, 5) is 12.3. The molecule has 3 heteroatoms. The molecule has 0 radical (unpaired) electrons. The molecule has 0 saturated heterocycles. The number of rotatable bonds is 2. The number of carbonyl (C=O) groups excluding carboxylic acids is 1. The summed E-state index contributed by atoms with van der Waals surface area (Å²) in [5.74, 6) is 0.743. The Balaban J connectivity index is 1.65. The van der Waals surface area contributed by atoms with Crippen molar-refractivity contribution in [3.8, 4) is 0 Å². The second-order valence-corrected chi connectivity index (χ2v) is 7.63. The van der Waals surface area contributed by atoms with Crippen LogP contribution in [-0.4, -0.2) is 12.1 Å². The molecule has 2 amide bonds. The first kappa shape index (κ1) is 14.4. The summed E-state index contributed by atoms with van der Waals surface area (Å²) < 4.78 is 0. The maximum Gasteiger partial charge on any atom is 0.319 e. The second kappa shape index (κ2) is 4.75. The number of anilines is 1. The van der Waals surface area contributed by atoms with Crippen LogP contribution >= 0.6 is 0 Å². The summed E-state index contributed by atoms with van der Waals surface area (Å²) in [7, 11) is 0. The minimum absolute atomic E-state index is 0.0755. The summed E-state index contributed by atoms with van der Waals surface area (Å²) in [6.07, 6.45) is 3.65. The van der Waals surface area contributed by atoms with E-state index in [0.717, 1.165) is 18.0 Å². The van der Waals surface area contributed by atoms with Crippen molar-refractivity contribution in [2.75, 3.05) is 5.32 Å². The van der Waals surface area contributed by atoms with Crippen LogP contribution < -0.4 is 10.6 Å². The van der Waals surface area contributed by atoms with Crippen LogP contribution in [0.5, 0.6) is 0 Å². The van der Waals surface area contributed by atoms with Crippen LogP contribution in [0.1, 0.15) is 45.6 Å². The number of benzene rings is 1. The van der Waals surface area contributed by atoms with E-state index in [-0.39, 0.29) is 17.5 Å². The number of urea groups is 1. The van der Waals surface area contributed by atoms with Crippen molar-refractivity contribution >= 4 is 11.7 Å². The second-order valence-electron chi connectivity index (χ2n) is 7.63. The first-order valence-corrected chi connectivity index (χ1v) is 7.97. The van der Waals surface area contributed by atoms with Crippen molar-refractivity contribution < 1.29 is 4.79 Å². The van der Waals surface area contributed by atoms with Gasteiger partial charge in [0, 0.05) is 11.7 Å². The van der Waals surface area contributed by atoms with Crippen molar-refractivity contribution in [1.82, 2.24) is 5.32 Å². The molecular formula is C18H26N2O. The molecule has 2 bridgehead atoms. The van der Waals surface area contributed by atoms with Crippen molar-refractivity contribution in [2.24, 2.45) is 16.7 Å². The van der Waals surface area contributed by atoms with Gasteiger partial charge in [0.2, 0.25) is 0 Å². The Labute approximate surface area is 127 Å². The van der Waals surface area contributed by atoms with Crippen LogP contribution in [0.3, 0.4) is 0 Å². The zero-order valence-electron chi connectivity index (χ0n) is 13.5. The zero-order chi connectivity index (χ0) is 15.3. The first-order valence-electron chi connectivity index (χ1n) is 7.97. The van der Waals surface area contributed by atoms with Crippen LogP contribution in [0, 0.1) is 23.7 Å². The van der Waals surface area contributed by atoms with Crippen molar-refractivity contribution in [1.29, 1.82) is 0 Å². The lowest BCUT2D eigenvalue weighted by atomic mass is 9.69. The van der Waals surface area contributed by atoms with Gasteiger partial charge in [-0.25, -0.2) is 4.79 Å². The molecule has 3 atom stereocenters. The summed E-state index contributed by atoms with van der Waals surface area (Å²) >= 11 is 0. The number of fused-ring (bicyclic) bond motifs is 2. The quantitative estimate of drug-likeness (QED) is 0.834. The van der Waals surface area contributed by atoms with Gasteiger partial charge in [-0.1, -0.05) is 38.5 Å². The molecule has 0 spiro atoms. The van der Waals surface area contributed by atoms with Crippen molar-refractivity contribution in [3.05, 3.63) is 29.8 Å². The van der Waals surface area contributed by atoms with Crippen LogP contribution in [0.4, 0.5) is 10.5 Å². The third-order valence-electron chi connectivity index (χ3n) is 6.41. The molecule has 2 saturated carbocycles. The van der Waals surface area contributed by atoms with Gasteiger partial charge in [0.15, 0.2) is 0 Å². The molecule has 2 aliphatic carbocycles. The van der Waals surface area contributed by atoms with Crippen LogP contribution in [0.25, 0.3) is 0 Å². The number of aryl methyl sites for hydroxylation is 1. The third kappa shape index (κ3) is 2.23. The minimum atomic E-state index is -0.0755. The Hall–Kier alpha value is -1.51. The lowest BCUT2D eigenvalue weighted by Crippen LogP contribution is -2.48. The van der Waals surface area contributed by atoms with E-state index in [1.54, 1.807) is 0 Å². The molecule has 2 fully saturated rings. The van der Waals surface area contributed by atoms with Gasteiger partial charge < -0.3 is 10.6 Å². The number of hydrogen-bond donors (Lipinski definition) is 2. The molecule has 0 heterocycles. The normalized spacial score (nSPS) is 33.0. The molecule has 3 rings (SSSR count). The van der Waals surface area contributed by atoms with E-state index in [4.69, 9.17) is 0 Å². The van der Waals surface area contributed by atoms with Gasteiger partial charge in [0.05, 0.1) is 0 Å². The summed E-state index contributed by atoms with van der Waals surface area (Å²) in [5.41, 5.74) is 2.60. The minimum Gasteiger partial charge on any atom is -0.335 e. The number of hydrogen-bond acceptors (Lipinski definition) is 1. The van der Waals surface area contributed by atoms with Gasteiger partial charge in [0.1, 0.15) is 0 Å². The highest BCUT2D eigenvalue weighted by atomic mass is 16.2. The predicted octanol–water partition coefficient (Wildman–Crippen LogP) is 4.33. The molecule has 0 aliphatic heterocycles. The molecule has 2 N–H and O–H groups in total. The monoisotopic (exact) mass is 286 g/mol. The van der Waals surface area contributed by atoms with E-state index in [2.05, 4.69) is 31.4 Å². The zero-order valence-corrected chi connectivity index (χ0v) is 13.5. The fraction of sp³-hybridized carbons (Fsp3) is 0.611. The molecule has 114 valence electrons. The van der Waals surface area contributed by atoms with Gasteiger partial charge in [-0.3, -0.25) is 0 Å². The van der Waals surface area contributed by atoms with Crippen LogP contribution in [-0.2, 0) is 0 Å². The molecule has 1 aromatic carbocycles. The predicted molar refractivity (Wildman–Crippen MR) is 86.4 cm³/mol. The Morgan fingerprint density at radius 2 is 1.86 bits per heavy atom. The average Bonchev–Trinajstić information content (AvgIpc) is 2.74. The van der Waals surface area contributed by atoms with Gasteiger partial charge in [-0.05, 0) is 55.1 Å². The third-order valence-corrected chi connectivity index (χ3v) is 6.41. The topological polar surface area (TPSA) is 41.1 Å². The Bertz CT molecular complexity index is 549. The Kier molecular flexibility index (Phi) is 3.27. The first-order chi connectivity index (χ1) is 9.83. The van der Waals surface area contributed by atoms with Gasteiger partial charge in [0.25, 0.3) is 0 Å². The van der Waals surface area contributed by atoms with Crippen LogP contribution in [0.2, 0.25) is 0 Å². The highest BCUT2D eigenvalue weighted by molar-refractivity contribution is 5.89. The summed E-state index contributed by atoms with van der Waals surface area (Å²) in [5, 5.41) is 6.17. The van der Waals surface area contributed by atoms with Crippen molar-refractivity contribution in [2.45, 2.75) is 53.0 Å². The Morgan fingerprint density at radius 3 is 2.38 bits per heavy atom. The molecular weight excluding hydrogens is 260 g/mol. The SMILES string of the molecule is Cc1ccc(NC(=O)N[C@@H]2C[C@@H]3CC[C@@]2(C)C3(C)C)cc1. The van der Waals surface area contributed by atoms with Crippen molar-refractivity contribution in [3.63, 3.8) is 0 Å². The fourth-order valence-corrected chi connectivity index (χ4v) is 4.38. The van der Waals surface area contributed by atoms with E-state index < -0.39 is 0 Å². The number of amides is 2. The van der Waals surface area contributed by atoms with Gasteiger partial charge in [-0.2, -0.15) is 0 Å². The highest BCUT2D eigenvalue weighted by Gasteiger charge is 2.61. The largest absolute Gasteiger partial charge is 0.335 e. The maximum atomic E-state index is 12.3. The molecule has 3 nitrogen and oxygen atoms in total. The molecule has 1 aromatic rings. The van der Waals surface area contributed by atoms with E-state index in [0.29, 0.717) is 5.41 Å². The molecule has 0 unspecified atom stereocenters. The number of nitrogens with one attached hydrogen (secondary N) is 2. The number of carbonyl (C=O) groups is 1. The standard InChI is InChI=1S/C18H26N2O/c1-12-5-7-14(8-6-12)19-16(21)20-15-11-13-9-10-18(15,4)17(13,2)3/h5-8,13,15H,9-11H2,1-4H3,(H2,19,20,21)/t13-,15+,18+/m0/s1.